The molecule has 94 valence electrons. The van der Waals surface area contributed by atoms with Gasteiger partial charge in [-0.15, -0.1) is 0 Å². The minimum atomic E-state index is 0.164. The van der Waals surface area contributed by atoms with Gasteiger partial charge in [0.25, 0.3) is 0 Å². The maximum atomic E-state index is 5.87. The molecule has 1 aromatic heterocycles. The highest BCUT2D eigenvalue weighted by molar-refractivity contribution is 5.45. The van der Waals surface area contributed by atoms with Gasteiger partial charge in [-0.1, -0.05) is 24.3 Å². The summed E-state index contributed by atoms with van der Waals surface area (Å²) < 4.78 is 5.80. The number of hydrogen-bond donors (Lipinski definition) is 1. The molecule has 0 saturated carbocycles. The number of hydrogen-bond acceptors (Lipinski definition) is 3. The Kier molecular flexibility index (Phi) is 3.82. The molecule has 0 unspecified atom stereocenters. The molecule has 0 aliphatic rings. The third-order valence-corrected chi connectivity index (χ3v) is 2.64. The van der Waals surface area contributed by atoms with E-state index in [9.17, 15) is 0 Å². The van der Waals surface area contributed by atoms with E-state index in [1.54, 1.807) is 6.20 Å². The third-order valence-electron chi connectivity index (χ3n) is 2.64. The number of anilines is 1. The molecule has 3 heteroatoms. The maximum absolute atomic E-state index is 5.87. The Morgan fingerprint density at radius 1 is 1.11 bits per heavy atom. The Labute approximate surface area is 108 Å². The minimum absolute atomic E-state index is 0.164. The van der Waals surface area contributed by atoms with Crippen molar-refractivity contribution in [2.75, 3.05) is 5.73 Å². The standard InChI is InChI=1S/C15H18N2O/c1-11(2)18-14-8-4-3-6-12(14)10-13-7-5-9-17-15(13)16/h3-9,11H,10H2,1-2H3,(H2,16,17). The predicted molar refractivity (Wildman–Crippen MR) is 73.7 cm³/mol. The summed E-state index contributed by atoms with van der Waals surface area (Å²) >= 11 is 0. The summed E-state index contributed by atoms with van der Waals surface area (Å²) in [5.41, 5.74) is 8.02. The number of pyridine rings is 1. The smallest absolute Gasteiger partial charge is 0.126 e. The lowest BCUT2D eigenvalue weighted by Gasteiger charge is -2.14. The van der Waals surface area contributed by atoms with E-state index in [2.05, 4.69) is 11.1 Å². The molecule has 1 heterocycles. The molecule has 0 saturated heterocycles. The van der Waals surface area contributed by atoms with Crippen LogP contribution in [0.2, 0.25) is 0 Å². The molecule has 3 nitrogen and oxygen atoms in total. The van der Waals surface area contributed by atoms with Gasteiger partial charge in [-0.2, -0.15) is 0 Å². The van der Waals surface area contributed by atoms with E-state index in [1.807, 2.05) is 44.2 Å². The highest BCUT2D eigenvalue weighted by atomic mass is 16.5. The first-order valence-corrected chi connectivity index (χ1v) is 6.10. The zero-order valence-electron chi connectivity index (χ0n) is 10.8. The molecule has 18 heavy (non-hydrogen) atoms. The molecule has 0 atom stereocenters. The van der Waals surface area contributed by atoms with Crippen LogP contribution in [0.1, 0.15) is 25.0 Å². The van der Waals surface area contributed by atoms with Crippen molar-refractivity contribution in [2.45, 2.75) is 26.4 Å². The van der Waals surface area contributed by atoms with Crippen LogP contribution in [-0.2, 0) is 6.42 Å². The van der Waals surface area contributed by atoms with Gasteiger partial charge in [-0.05, 0) is 37.1 Å². The van der Waals surface area contributed by atoms with Gasteiger partial charge in [0.2, 0.25) is 0 Å². The zero-order chi connectivity index (χ0) is 13.0. The van der Waals surface area contributed by atoms with Crippen LogP contribution < -0.4 is 10.5 Å². The average molecular weight is 242 g/mol. The number of rotatable bonds is 4. The summed E-state index contributed by atoms with van der Waals surface area (Å²) in [6.45, 7) is 4.05. The lowest BCUT2D eigenvalue weighted by molar-refractivity contribution is 0.240. The van der Waals surface area contributed by atoms with Crippen LogP contribution in [0.4, 0.5) is 5.82 Å². The topological polar surface area (TPSA) is 48.1 Å². The van der Waals surface area contributed by atoms with Gasteiger partial charge in [0.15, 0.2) is 0 Å². The number of ether oxygens (including phenoxy) is 1. The monoisotopic (exact) mass is 242 g/mol. The SMILES string of the molecule is CC(C)Oc1ccccc1Cc1cccnc1N. The van der Waals surface area contributed by atoms with Gasteiger partial charge >= 0.3 is 0 Å². The molecular formula is C15H18N2O. The fraction of sp³-hybridized carbons (Fsp3) is 0.267. The summed E-state index contributed by atoms with van der Waals surface area (Å²) in [6.07, 6.45) is 2.61. The normalized spacial score (nSPS) is 10.6. The number of nitrogen functional groups attached to an aromatic ring is 1. The van der Waals surface area contributed by atoms with Crippen molar-refractivity contribution in [1.29, 1.82) is 0 Å². The van der Waals surface area contributed by atoms with Crippen LogP contribution >= 0.6 is 0 Å². The first-order valence-electron chi connectivity index (χ1n) is 6.10. The number of aromatic nitrogens is 1. The Hall–Kier alpha value is -2.03. The molecular weight excluding hydrogens is 224 g/mol. The van der Waals surface area contributed by atoms with Crippen LogP contribution in [0.5, 0.6) is 5.75 Å². The molecule has 0 radical (unpaired) electrons. The summed E-state index contributed by atoms with van der Waals surface area (Å²) in [5, 5.41) is 0. The van der Waals surface area contributed by atoms with Crippen LogP contribution in [0.15, 0.2) is 42.6 Å². The number of nitrogens with two attached hydrogens (primary N) is 1. The lowest BCUT2D eigenvalue weighted by Crippen LogP contribution is -2.08. The fourth-order valence-corrected chi connectivity index (χ4v) is 1.82. The van der Waals surface area contributed by atoms with Gasteiger partial charge in [0.1, 0.15) is 11.6 Å². The summed E-state index contributed by atoms with van der Waals surface area (Å²) in [6, 6.07) is 11.9. The Morgan fingerprint density at radius 2 is 1.83 bits per heavy atom. The van der Waals surface area contributed by atoms with Crippen LogP contribution in [0, 0.1) is 0 Å². The van der Waals surface area contributed by atoms with Crippen LogP contribution in [-0.4, -0.2) is 11.1 Å². The summed E-state index contributed by atoms with van der Waals surface area (Å²) in [4.78, 5) is 4.10. The molecule has 2 rings (SSSR count). The van der Waals surface area contributed by atoms with Crippen molar-refractivity contribution >= 4 is 5.82 Å². The van der Waals surface area contributed by atoms with Crippen molar-refractivity contribution in [3.8, 4) is 5.75 Å². The van der Waals surface area contributed by atoms with Crippen LogP contribution in [0.25, 0.3) is 0 Å². The predicted octanol–water partition coefficient (Wildman–Crippen LogP) is 3.04. The molecule has 0 amide bonds. The first kappa shape index (κ1) is 12.4. The van der Waals surface area contributed by atoms with Gasteiger partial charge in [-0.3, -0.25) is 0 Å². The maximum Gasteiger partial charge on any atom is 0.126 e. The quantitative estimate of drug-likeness (QED) is 0.896. The second-order valence-corrected chi connectivity index (χ2v) is 4.50. The molecule has 2 N–H and O–H groups in total. The Balaban J connectivity index is 2.26. The van der Waals surface area contributed by atoms with Crippen molar-refractivity contribution in [1.82, 2.24) is 4.98 Å². The van der Waals surface area contributed by atoms with E-state index >= 15 is 0 Å². The van der Waals surface area contributed by atoms with E-state index in [-0.39, 0.29) is 6.10 Å². The molecule has 0 spiro atoms. The van der Waals surface area contributed by atoms with Gasteiger partial charge < -0.3 is 10.5 Å². The summed E-state index contributed by atoms with van der Waals surface area (Å²) in [5.74, 6) is 1.49. The number of nitrogens with zero attached hydrogens (tertiary/aromatic N) is 1. The Bertz CT molecular complexity index is 523. The van der Waals surface area contributed by atoms with Gasteiger partial charge in [0, 0.05) is 12.6 Å². The molecule has 1 aromatic carbocycles. The zero-order valence-corrected chi connectivity index (χ0v) is 10.8. The second-order valence-electron chi connectivity index (χ2n) is 4.50. The number of benzene rings is 1. The van der Waals surface area contributed by atoms with Crippen molar-refractivity contribution < 1.29 is 4.74 Å². The minimum Gasteiger partial charge on any atom is -0.491 e. The highest BCUT2D eigenvalue weighted by Gasteiger charge is 2.07. The highest BCUT2D eigenvalue weighted by Crippen LogP contribution is 2.23. The Morgan fingerprint density at radius 3 is 2.56 bits per heavy atom. The molecule has 0 aliphatic heterocycles. The third kappa shape index (κ3) is 3.00. The molecule has 2 aromatic rings. The van der Waals surface area contributed by atoms with Crippen molar-refractivity contribution in [3.63, 3.8) is 0 Å². The molecule has 0 bridgehead atoms. The second kappa shape index (κ2) is 5.54. The van der Waals surface area contributed by atoms with E-state index < -0.39 is 0 Å². The molecule has 0 fully saturated rings. The van der Waals surface area contributed by atoms with E-state index in [4.69, 9.17) is 10.5 Å². The van der Waals surface area contributed by atoms with E-state index in [1.165, 1.54) is 0 Å². The average Bonchev–Trinajstić information content (AvgIpc) is 2.34. The fourth-order valence-electron chi connectivity index (χ4n) is 1.82. The van der Waals surface area contributed by atoms with Crippen LogP contribution in [0.3, 0.4) is 0 Å². The van der Waals surface area contributed by atoms with Crippen molar-refractivity contribution in [2.24, 2.45) is 0 Å². The lowest BCUT2D eigenvalue weighted by atomic mass is 10.0. The largest absolute Gasteiger partial charge is 0.491 e. The molecule has 0 aliphatic carbocycles. The van der Waals surface area contributed by atoms with Gasteiger partial charge in [-0.25, -0.2) is 4.98 Å². The number of para-hydroxylation sites is 1. The van der Waals surface area contributed by atoms with Crippen molar-refractivity contribution in [3.05, 3.63) is 53.7 Å². The first-order chi connectivity index (χ1) is 8.66. The summed E-state index contributed by atoms with van der Waals surface area (Å²) in [7, 11) is 0. The van der Waals surface area contributed by atoms with E-state index in [0.717, 1.165) is 23.3 Å². The van der Waals surface area contributed by atoms with E-state index in [0.29, 0.717) is 5.82 Å². The van der Waals surface area contributed by atoms with Gasteiger partial charge in [0.05, 0.1) is 6.10 Å².